The summed E-state index contributed by atoms with van der Waals surface area (Å²) in [6.45, 7) is 4.77. The maximum Gasteiger partial charge on any atom is 0.246 e. The molecule has 3 atom stereocenters. The van der Waals surface area contributed by atoms with Crippen LogP contribution < -0.4 is 4.74 Å². The lowest BCUT2D eigenvalue weighted by Gasteiger charge is -2.47. The number of aromatic amines is 1. The topological polar surface area (TPSA) is 65.6 Å². The van der Waals surface area contributed by atoms with Crippen LogP contribution >= 0.6 is 0 Å². The van der Waals surface area contributed by atoms with Gasteiger partial charge in [0.05, 0.1) is 13.2 Å². The third kappa shape index (κ3) is 2.33. The zero-order valence-electron chi connectivity index (χ0n) is 16.5. The first-order valence-corrected chi connectivity index (χ1v) is 9.95. The highest BCUT2D eigenvalue weighted by Gasteiger charge is 2.52. The van der Waals surface area contributed by atoms with Crippen LogP contribution in [-0.2, 0) is 16.0 Å². The highest BCUT2D eigenvalue weighted by molar-refractivity contribution is 5.99. The van der Waals surface area contributed by atoms with Gasteiger partial charge in [-0.05, 0) is 44.4 Å². The van der Waals surface area contributed by atoms with E-state index in [0.717, 1.165) is 46.3 Å². The van der Waals surface area contributed by atoms with Gasteiger partial charge in [-0.2, -0.15) is 0 Å². The van der Waals surface area contributed by atoms with Gasteiger partial charge < -0.3 is 19.5 Å². The number of H-pyrrole nitrogens is 1. The molecule has 2 saturated heterocycles. The molecule has 4 heterocycles. The van der Waals surface area contributed by atoms with Crippen LogP contribution in [0.15, 0.2) is 29.8 Å². The number of methoxy groups -OCH3 is 1. The van der Waals surface area contributed by atoms with Crippen LogP contribution in [0.25, 0.3) is 10.9 Å². The van der Waals surface area contributed by atoms with Crippen LogP contribution in [0, 0.1) is 0 Å². The van der Waals surface area contributed by atoms with Crippen molar-refractivity contribution in [3.8, 4) is 5.75 Å². The number of fused-ring (bicyclic) bond motifs is 5. The van der Waals surface area contributed by atoms with Gasteiger partial charge in [-0.1, -0.05) is 11.6 Å². The monoisotopic (exact) mass is 379 g/mol. The summed E-state index contributed by atoms with van der Waals surface area (Å²) in [4.78, 5) is 33.8. The zero-order valence-corrected chi connectivity index (χ0v) is 16.5. The van der Waals surface area contributed by atoms with E-state index < -0.39 is 6.04 Å². The van der Waals surface area contributed by atoms with Crippen molar-refractivity contribution < 1.29 is 14.3 Å². The van der Waals surface area contributed by atoms with E-state index in [1.54, 1.807) is 7.11 Å². The minimum absolute atomic E-state index is 0.0893. The largest absolute Gasteiger partial charge is 0.497 e. The predicted octanol–water partition coefficient (Wildman–Crippen LogP) is 2.94. The molecule has 2 fully saturated rings. The quantitative estimate of drug-likeness (QED) is 0.816. The van der Waals surface area contributed by atoms with Crippen molar-refractivity contribution in [3.05, 3.63) is 41.1 Å². The number of nitrogens with zero attached hydrogens (tertiary/aromatic N) is 2. The fourth-order valence-electron chi connectivity index (χ4n) is 5.11. The first-order chi connectivity index (χ1) is 13.5. The number of hydrogen-bond donors (Lipinski definition) is 1. The summed E-state index contributed by atoms with van der Waals surface area (Å²) in [5.41, 5.74) is 4.27. The molecule has 2 aromatic rings. The highest BCUT2D eigenvalue weighted by Crippen LogP contribution is 2.43. The molecule has 0 aliphatic carbocycles. The number of hydrogen-bond acceptors (Lipinski definition) is 3. The van der Waals surface area contributed by atoms with Gasteiger partial charge in [-0.3, -0.25) is 9.59 Å². The van der Waals surface area contributed by atoms with E-state index in [2.05, 4.69) is 11.1 Å². The number of benzene rings is 1. The normalized spacial score (nSPS) is 26.2. The Hall–Kier alpha value is -2.76. The fraction of sp³-hybridized carbons (Fsp3) is 0.455. The van der Waals surface area contributed by atoms with Gasteiger partial charge in [-0.15, -0.1) is 0 Å². The Kier molecular flexibility index (Phi) is 3.79. The molecule has 0 radical (unpaired) electrons. The van der Waals surface area contributed by atoms with Crippen LogP contribution in [0.1, 0.15) is 44.0 Å². The maximum atomic E-state index is 13.4. The van der Waals surface area contributed by atoms with Crippen molar-refractivity contribution in [2.45, 2.75) is 51.2 Å². The fourth-order valence-corrected chi connectivity index (χ4v) is 5.11. The lowest BCUT2D eigenvalue weighted by Crippen LogP contribution is -2.65. The summed E-state index contributed by atoms with van der Waals surface area (Å²) in [6.07, 6.45) is 4.34. The molecule has 0 saturated carbocycles. The number of ether oxygens (including phenoxy) is 1. The van der Waals surface area contributed by atoms with Crippen molar-refractivity contribution >= 4 is 22.7 Å². The van der Waals surface area contributed by atoms with Gasteiger partial charge in [-0.25, -0.2) is 0 Å². The van der Waals surface area contributed by atoms with E-state index in [1.165, 1.54) is 0 Å². The van der Waals surface area contributed by atoms with Crippen LogP contribution in [0.2, 0.25) is 0 Å². The Labute approximate surface area is 164 Å². The van der Waals surface area contributed by atoms with E-state index in [0.29, 0.717) is 13.0 Å². The molecular formula is C22H25N3O3. The van der Waals surface area contributed by atoms with Crippen molar-refractivity contribution in [2.24, 2.45) is 0 Å². The van der Waals surface area contributed by atoms with Gasteiger partial charge in [0.15, 0.2) is 0 Å². The molecule has 5 rings (SSSR count). The molecule has 3 aliphatic heterocycles. The summed E-state index contributed by atoms with van der Waals surface area (Å²) in [6, 6.07) is 5.03. The van der Waals surface area contributed by atoms with Gasteiger partial charge in [0.2, 0.25) is 11.8 Å². The van der Waals surface area contributed by atoms with Crippen LogP contribution in [0.4, 0.5) is 0 Å². The number of piperazine rings is 1. The second-order valence-electron chi connectivity index (χ2n) is 8.27. The molecule has 146 valence electrons. The first kappa shape index (κ1) is 17.3. The maximum absolute atomic E-state index is 13.4. The Morgan fingerprint density at radius 2 is 2.04 bits per heavy atom. The first-order valence-electron chi connectivity index (χ1n) is 9.95. The number of allylic oxidation sites excluding steroid dienone is 1. The lowest BCUT2D eigenvalue weighted by molar-refractivity contribution is -0.162. The smallest absolute Gasteiger partial charge is 0.246 e. The Balaban J connectivity index is 1.70. The summed E-state index contributed by atoms with van der Waals surface area (Å²) in [5.74, 6) is 0.977. The molecule has 3 aliphatic rings. The number of rotatable bonds is 2. The lowest BCUT2D eigenvalue weighted by atomic mass is 9.87. The molecule has 0 spiro atoms. The Morgan fingerprint density at radius 3 is 2.79 bits per heavy atom. The SMILES string of the molecule is COc1ccc2c3c([nH]c2c1)[C@H](C=C(C)C)N1C(=O)[C@@H]2CCCN2C(=O)C1C3. The Morgan fingerprint density at radius 1 is 1.21 bits per heavy atom. The van der Waals surface area contributed by atoms with E-state index in [4.69, 9.17) is 4.74 Å². The molecular weight excluding hydrogens is 354 g/mol. The second kappa shape index (κ2) is 6.12. The molecule has 6 heteroatoms. The summed E-state index contributed by atoms with van der Waals surface area (Å²) in [5, 5.41) is 1.10. The number of carbonyl (C=O) groups is 2. The summed E-state index contributed by atoms with van der Waals surface area (Å²) >= 11 is 0. The van der Waals surface area contributed by atoms with Gasteiger partial charge in [0.1, 0.15) is 17.8 Å². The molecule has 1 aromatic heterocycles. The molecule has 1 aromatic carbocycles. The number of nitrogens with one attached hydrogen (secondary N) is 1. The minimum atomic E-state index is -0.420. The third-order valence-corrected chi connectivity index (χ3v) is 6.33. The zero-order chi connectivity index (χ0) is 19.6. The molecule has 28 heavy (non-hydrogen) atoms. The molecule has 1 unspecified atom stereocenters. The van der Waals surface area contributed by atoms with Gasteiger partial charge >= 0.3 is 0 Å². The molecule has 2 amide bonds. The minimum Gasteiger partial charge on any atom is -0.497 e. The van der Waals surface area contributed by atoms with Crippen LogP contribution in [0.3, 0.4) is 0 Å². The van der Waals surface area contributed by atoms with Crippen LogP contribution in [-0.4, -0.2) is 52.3 Å². The average molecular weight is 379 g/mol. The third-order valence-electron chi connectivity index (χ3n) is 6.33. The summed E-state index contributed by atoms with van der Waals surface area (Å²) in [7, 11) is 1.65. The van der Waals surface area contributed by atoms with Gasteiger partial charge in [0, 0.05) is 35.6 Å². The molecule has 0 bridgehead atoms. The molecule has 1 N–H and O–H groups in total. The summed E-state index contributed by atoms with van der Waals surface area (Å²) < 4.78 is 5.37. The van der Waals surface area contributed by atoms with Crippen LogP contribution in [0.5, 0.6) is 5.75 Å². The standard InChI is InChI=1S/C22H25N3O3/c1-12(2)9-18-20-15(14-7-6-13(28-3)10-16(14)23-20)11-19-21(26)24-8-4-5-17(24)22(27)25(18)19/h6-7,9-10,17-19,23H,4-5,8,11H2,1-3H3/t17-,18-,19?/m0/s1. The van der Waals surface area contributed by atoms with E-state index >= 15 is 0 Å². The van der Waals surface area contributed by atoms with E-state index in [-0.39, 0.29) is 23.9 Å². The van der Waals surface area contributed by atoms with Crippen molar-refractivity contribution in [1.82, 2.24) is 14.8 Å². The van der Waals surface area contributed by atoms with Crippen molar-refractivity contribution in [1.29, 1.82) is 0 Å². The van der Waals surface area contributed by atoms with Crippen molar-refractivity contribution in [2.75, 3.05) is 13.7 Å². The number of aromatic nitrogens is 1. The Bertz CT molecular complexity index is 1020. The van der Waals surface area contributed by atoms with E-state index in [9.17, 15) is 9.59 Å². The second-order valence-corrected chi connectivity index (χ2v) is 8.27. The highest BCUT2D eigenvalue weighted by atomic mass is 16.5. The van der Waals surface area contributed by atoms with Crippen molar-refractivity contribution in [3.63, 3.8) is 0 Å². The number of amides is 2. The average Bonchev–Trinajstić information content (AvgIpc) is 3.30. The van der Waals surface area contributed by atoms with E-state index in [1.807, 2.05) is 41.8 Å². The number of carbonyl (C=O) groups excluding carboxylic acids is 2. The van der Waals surface area contributed by atoms with Gasteiger partial charge in [0.25, 0.3) is 0 Å². The molecule has 6 nitrogen and oxygen atoms in total. The predicted molar refractivity (Wildman–Crippen MR) is 106 cm³/mol.